The lowest BCUT2D eigenvalue weighted by Crippen LogP contribution is -2.47. The number of aromatic nitrogens is 2. The monoisotopic (exact) mass is 316 g/mol. The quantitative estimate of drug-likeness (QED) is 0.713. The van der Waals surface area contributed by atoms with Crippen molar-refractivity contribution in [3.05, 3.63) is 46.2 Å². The van der Waals surface area contributed by atoms with E-state index in [0.29, 0.717) is 0 Å². The van der Waals surface area contributed by atoms with Crippen LogP contribution in [0, 0.1) is 0 Å². The van der Waals surface area contributed by atoms with Gasteiger partial charge in [-0.05, 0) is 30.2 Å². The maximum absolute atomic E-state index is 11.0. The van der Waals surface area contributed by atoms with Crippen molar-refractivity contribution in [1.29, 1.82) is 0 Å². The van der Waals surface area contributed by atoms with Gasteiger partial charge in [0, 0.05) is 38.8 Å². The van der Waals surface area contributed by atoms with Gasteiger partial charge in [-0.1, -0.05) is 6.07 Å². The molecule has 3 N–H and O–H groups in total. The third kappa shape index (κ3) is 3.81. The van der Waals surface area contributed by atoms with Crippen LogP contribution in [-0.2, 0) is 6.42 Å². The molecule has 0 bridgehead atoms. The molecule has 3 rings (SSSR count). The summed E-state index contributed by atoms with van der Waals surface area (Å²) in [7, 11) is 0. The molecule has 0 unspecified atom stereocenters. The van der Waals surface area contributed by atoms with Crippen LogP contribution < -0.4 is 10.5 Å². The number of aromatic hydroxyl groups is 2. The zero-order valence-electron chi connectivity index (χ0n) is 12.8. The molecule has 1 saturated heterocycles. The van der Waals surface area contributed by atoms with Crippen LogP contribution >= 0.6 is 0 Å². The Bertz CT molecular complexity index is 703. The second-order valence-corrected chi connectivity index (χ2v) is 5.68. The number of piperazine rings is 1. The lowest BCUT2D eigenvalue weighted by atomic mass is 10.1. The van der Waals surface area contributed by atoms with E-state index in [4.69, 9.17) is 0 Å². The van der Waals surface area contributed by atoms with Crippen LogP contribution in [0.2, 0.25) is 0 Å². The molecule has 23 heavy (non-hydrogen) atoms. The maximum atomic E-state index is 11.0. The normalized spacial score (nSPS) is 15.7. The molecule has 0 spiro atoms. The maximum Gasteiger partial charge on any atom is 0.264 e. The van der Waals surface area contributed by atoms with E-state index in [1.165, 1.54) is 12.1 Å². The number of phenols is 2. The van der Waals surface area contributed by atoms with Gasteiger partial charge in [0.05, 0.1) is 0 Å². The van der Waals surface area contributed by atoms with Gasteiger partial charge in [0.25, 0.3) is 5.56 Å². The number of hydrogen-bond donors (Lipinski definition) is 3. The van der Waals surface area contributed by atoms with Crippen LogP contribution in [0.25, 0.3) is 0 Å². The second kappa shape index (κ2) is 6.70. The number of benzene rings is 1. The predicted molar refractivity (Wildman–Crippen MR) is 87.0 cm³/mol. The highest BCUT2D eigenvalue weighted by atomic mass is 16.3. The zero-order chi connectivity index (χ0) is 16.2. The molecular weight excluding hydrogens is 296 g/mol. The first-order valence-corrected chi connectivity index (χ1v) is 7.66. The lowest BCUT2D eigenvalue weighted by molar-refractivity contribution is 0.260. The topological polar surface area (TPSA) is 92.7 Å². The number of aromatic amines is 1. The Hall–Kier alpha value is -2.54. The lowest BCUT2D eigenvalue weighted by Gasteiger charge is -2.35. The molecule has 122 valence electrons. The number of rotatable bonds is 4. The molecule has 1 aliphatic rings. The summed E-state index contributed by atoms with van der Waals surface area (Å²) in [5.74, 6) is 0.639. The summed E-state index contributed by atoms with van der Waals surface area (Å²) < 4.78 is 0. The molecule has 0 saturated carbocycles. The summed E-state index contributed by atoms with van der Waals surface area (Å²) in [5, 5.41) is 25.4. The fourth-order valence-electron chi connectivity index (χ4n) is 2.73. The van der Waals surface area contributed by atoms with Crippen molar-refractivity contribution in [2.45, 2.75) is 6.42 Å². The Labute approximate surface area is 133 Å². The van der Waals surface area contributed by atoms with Crippen LogP contribution in [0.3, 0.4) is 0 Å². The molecule has 2 aromatic rings. The molecule has 1 aromatic heterocycles. The van der Waals surface area contributed by atoms with Crippen LogP contribution in [0.5, 0.6) is 11.5 Å². The second-order valence-electron chi connectivity index (χ2n) is 5.68. The van der Waals surface area contributed by atoms with Gasteiger partial charge >= 0.3 is 0 Å². The largest absolute Gasteiger partial charge is 0.504 e. The molecule has 0 atom stereocenters. The minimum absolute atomic E-state index is 0.0727. The van der Waals surface area contributed by atoms with Gasteiger partial charge < -0.3 is 15.1 Å². The van der Waals surface area contributed by atoms with E-state index in [-0.39, 0.29) is 17.1 Å². The fourth-order valence-corrected chi connectivity index (χ4v) is 2.73. The van der Waals surface area contributed by atoms with E-state index in [9.17, 15) is 15.0 Å². The van der Waals surface area contributed by atoms with Crippen molar-refractivity contribution in [3.63, 3.8) is 0 Å². The Balaban J connectivity index is 1.50. The highest BCUT2D eigenvalue weighted by Gasteiger charge is 2.18. The van der Waals surface area contributed by atoms with E-state index < -0.39 is 0 Å². The fraction of sp³-hybridized carbons (Fsp3) is 0.375. The van der Waals surface area contributed by atoms with Crippen LogP contribution in [0.1, 0.15) is 5.56 Å². The minimum Gasteiger partial charge on any atom is -0.504 e. The van der Waals surface area contributed by atoms with Crippen molar-refractivity contribution >= 4 is 5.82 Å². The molecule has 2 heterocycles. The Morgan fingerprint density at radius 2 is 1.83 bits per heavy atom. The molecule has 1 fully saturated rings. The van der Waals surface area contributed by atoms with Crippen molar-refractivity contribution in [1.82, 2.24) is 15.1 Å². The van der Waals surface area contributed by atoms with Gasteiger partial charge in [-0.2, -0.15) is 5.10 Å². The van der Waals surface area contributed by atoms with Gasteiger partial charge in [-0.25, -0.2) is 5.10 Å². The first-order chi connectivity index (χ1) is 11.1. The average Bonchev–Trinajstić information content (AvgIpc) is 2.57. The van der Waals surface area contributed by atoms with E-state index in [1.807, 2.05) is 6.07 Å². The molecule has 1 aromatic carbocycles. The van der Waals surface area contributed by atoms with Gasteiger partial charge in [-0.15, -0.1) is 0 Å². The number of phenolic OH excluding ortho intramolecular Hbond substituents is 2. The van der Waals surface area contributed by atoms with Gasteiger partial charge in [-0.3, -0.25) is 9.69 Å². The number of hydrogen-bond acceptors (Lipinski definition) is 6. The van der Waals surface area contributed by atoms with Crippen molar-refractivity contribution in [2.24, 2.45) is 0 Å². The van der Waals surface area contributed by atoms with Gasteiger partial charge in [0.15, 0.2) is 11.5 Å². The molecular formula is C16H20N4O3. The summed E-state index contributed by atoms with van der Waals surface area (Å²) in [5.41, 5.74) is 0.814. The molecule has 7 heteroatoms. The molecule has 0 aliphatic carbocycles. The molecule has 1 aliphatic heterocycles. The van der Waals surface area contributed by atoms with Crippen LogP contribution in [-0.4, -0.2) is 58.0 Å². The SMILES string of the molecule is O=c1ccc(N2CCN(CCc3ccc(O)c(O)c3)CC2)n[nH]1. The van der Waals surface area contributed by atoms with E-state index in [1.54, 1.807) is 12.1 Å². The van der Waals surface area contributed by atoms with E-state index in [2.05, 4.69) is 20.0 Å². The van der Waals surface area contributed by atoms with Crippen LogP contribution in [0.15, 0.2) is 35.1 Å². The van der Waals surface area contributed by atoms with Crippen molar-refractivity contribution in [3.8, 4) is 11.5 Å². The minimum atomic E-state index is -0.190. The van der Waals surface area contributed by atoms with Gasteiger partial charge in [0.2, 0.25) is 0 Å². The summed E-state index contributed by atoms with van der Waals surface area (Å²) in [6.07, 6.45) is 0.824. The molecule has 0 amide bonds. The van der Waals surface area contributed by atoms with E-state index >= 15 is 0 Å². The summed E-state index contributed by atoms with van der Waals surface area (Å²) in [6.45, 7) is 4.46. The number of nitrogens with one attached hydrogen (secondary N) is 1. The average molecular weight is 316 g/mol. The third-order valence-electron chi connectivity index (χ3n) is 4.12. The summed E-state index contributed by atoms with van der Waals surface area (Å²) in [6, 6.07) is 8.19. The Morgan fingerprint density at radius 3 is 2.48 bits per heavy atom. The number of H-pyrrole nitrogens is 1. The highest BCUT2D eigenvalue weighted by molar-refractivity contribution is 5.40. The Morgan fingerprint density at radius 1 is 1.04 bits per heavy atom. The van der Waals surface area contributed by atoms with Gasteiger partial charge in [0.1, 0.15) is 5.82 Å². The zero-order valence-corrected chi connectivity index (χ0v) is 12.8. The van der Waals surface area contributed by atoms with Crippen molar-refractivity contribution < 1.29 is 10.2 Å². The molecule has 7 nitrogen and oxygen atoms in total. The van der Waals surface area contributed by atoms with Crippen LogP contribution in [0.4, 0.5) is 5.82 Å². The first kappa shape index (κ1) is 15.4. The Kier molecular flexibility index (Phi) is 4.47. The number of anilines is 1. The standard InChI is InChI=1S/C16H20N4O3/c21-13-2-1-12(11-14(13)22)5-6-19-7-9-20(10-8-19)15-3-4-16(23)18-17-15/h1-4,11,21-22H,5-10H2,(H,18,23). The van der Waals surface area contributed by atoms with E-state index in [0.717, 1.165) is 50.5 Å². The van der Waals surface area contributed by atoms with Crippen molar-refractivity contribution in [2.75, 3.05) is 37.6 Å². The first-order valence-electron chi connectivity index (χ1n) is 7.66. The molecule has 0 radical (unpaired) electrons. The summed E-state index contributed by atoms with van der Waals surface area (Å²) in [4.78, 5) is 15.5. The predicted octanol–water partition coefficient (Wildman–Crippen LogP) is 0.546. The number of nitrogens with zero attached hydrogens (tertiary/aromatic N) is 3. The third-order valence-corrected chi connectivity index (χ3v) is 4.12. The summed E-state index contributed by atoms with van der Waals surface area (Å²) >= 11 is 0. The highest BCUT2D eigenvalue weighted by Crippen LogP contribution is 2.25. The smallest absolute Gasteiger partial charge is 0.264 e.